The van der Waals surface area contributed by atoms with Crippen molar-refractivity contribution in [2.45, 2.75) is 18.8 Å². The highest BCUT2D eigenvalue weighted by Gasteiger charge is 2.22. The molecule has 0 unspecified atom stereocenters. The first-order chi connectivity index (χ1) is 7.29. The number of carbonyl (C=O) groups excluding carboxylic acids is 1. The molecule has 0 radical (unpaired) electrons. The summed E-state index contributed by atoms with van der Waals surface area (Å²) in [5.74, 6) is -0.237. The van der Waals surface area contributed by atoms with Crippen LogP contribution in [0.4, 0.5) is 0 Å². The summed E-state index contributed by atoms with van der Waals surface area (Å²) in [6, 6.07) is 0. The molecule has 1 fully saturated rings. The Balaban J connectivity index is 2.29. The Kier molecular flexibility index (Phi) is 2.91. The lowest BCUT2D eigenvalue weighted by Crippen LogP contribution is -2.30. The minimum atomic E-state index is -0.497. The van der Waals surface area contributed by atoms with Gasteiger partial charge < -0.3 is 11.1 Å². The molecule has 2 heterocycles. The van der Waals surface area contributed by atoms with Crippen molar-refractivity contribution >= 4 is 5.91 Å². The maximum Gasteiger partial charge on any atom is 0.269 e. The van der Waals surface area contributed by atoms with E-state index in [1.54, 1.807) is 6.20 Å². The zero-order chi connectivity index (χ0) is 10.7. The first-order valence-electron chi connectivity index (χ1n) is 5.10. The number of nitrogens with one attached hydrogen (secondary N) is 1. The maximum absolute atomic E-state index is 11.2. The van der Waals surface area contributed by atoms with Gasteiger partial charge in [-0.3, -0.25) is 9.78 Å². The summed E-state index contributed by atoms with van der Waals surface area (Å²) in [6.07, 6.45) is 5.24. The highest BCUT2D eigenvalue weighted by molar-refractivity contribution is 5.91. The number of rotatable bonds is 2. The van der Waals surface area contributed by atoms with E-state index in [4.69, 9.17) is 5.73 Å². The zero-order valence-corrected chi connectivity index (χ0v) is 8.44. The quantitative estimate of drug-likeness (QED) is 0.716. The molecule has 2 rings (SSSR count). The predicted molar refractivity (Wildman–Crippen MR) is 55.4 cm³/mol. The standard InChI is InChI=1S/C10H14N4O/c11-10(15)9-8(13-4-5-14-9)7-2-1-3-12-6-7/h4-5,7,12H,1-3,6H2,(H2,11,15)/t7-/m1/s1. The van der Waals surface area contributed by atoms with E-state index in [0.29, 0.717) is 5.69 Å². The lowest BCUT2D eigenvalue weighted by molar-refractivity contribution is 0.0993. The first kappa shape index (κ1) is 10.0. The van der Waals surface area contributed by atoms with E-state index >= 15 is 0 Å². The second kappa shape index (κ2) is 4.35. The van der Waals surface area contributed by atoms with Crippen molar-refractivity contribution in [2.75, 3.05) is 13.1 Å². The number of nitrogens with two attached hydrogens (primary N) is 1. The Bertz CT molecular complexity index is 360. The Morgan fingerprint density at radius 1 is 1.47 bits per heavy atom. The van der Waals surface area contributed by atoms with Crippen LogP contribution < -0.4 is 11.1 Å². The van der Waals surface area contributed by atoms with E-state index in [1.807, 2.05) is 0 Å². The highest BCUT2D eigenvalue weighted by atomic mass is 16.1. The molecule has 0 bridgehead atoms. The molecule has 3 N–H and O–H groups in total. The Morgan fingerprint density at radius 2 is 2.27 bits per heavy atom. The van der Waals surface area contributed by atoms with Crippen LogP contribution in [-0.2, 0) is 0 Å². The topological polar surface area (TPSA) is 80.9 Å². The number of hydrogen-bond acceptors (Lipinski definition) is 4. The molecule has 15 heavy (non-hydrogen) atoms. The molecule has 1 aromatic heterocycles. The third-order valence-electron chi connectivity index (χ3n) is 2.64. The Hall–Kier alpha value is -1.49. The van der Waals surface area contributed by atoms with Crippen LogP contribution in [0.1, 0.15) is 34.9 Å². The van der Waals surface area contributed by atoms with Crippen molar-refractivity contribution in [3.05, 3.63) is 23.8 Å². The number of aromatic nitrogens is 2. The Morgan fingerprint density at radius 3 is 2.93 bits per heavy atom. The molecule has 0 aliphatic carbocycles. The van der Waals surface area contributed by atoms with Crippen molar-refractivity contribution in [1.82, 2.24) is 15.3 Å². The van der Waals surface area contributed by atoms with Crippen molar-refractivity contribution < 1.29 is 4.79 Å². The van der Waals surface area contributed by atoms with Crippen LogP contribution in [0.25, 0.3) is 0 Å². The fourth-order valence-corrected chi connectivity index (χ4v) is 1.92. The highest BCUT2D eigenvalue weighted by Crippen LogP contribution is 2.22. The van der Waals surface area contributed by atoms with Crippen LogP contribution in [0.15, 0.2) is 12.4 Å². The largest absolute Gasteiger partial charge is 0.364 e. The summed E-state index contributed by atoms with van der Waals surface area (Å²) < 4.78 is 0. The fourth-order valence-electron chi connectivity index (χ4n) is 1.92. The molecule has 0 aromatic carbocycles. The predicted octanol–water partition coefficient (Wildman–Crippen LogP) is 0.0425. The van der Waals surface area contributed by atoms with Crippen LogP contribution in [0.3, 0.4) is 0 Å². The van der Waals surface area contributed by atoms with E-state index < -0.39 is 5.91 Å². The van der Waals surface area contributed by atoms with Crippen LogP contribution in [-0.4, -0.2) is 29.0 Å². The number of carbonyl (C=O) groups is 1. The van der Waals surface area contributed by atoms with Gasteiger partial charge in [0.1, 0.15) is 5.69 Å². The molecule has 5 nitrogen and oxygen atoms in total. The molecule has 1 aliphatic heterocycles. The number of piperidine rings is 1. The number of amides is 1. The molecule has 1 aliphatic rings. The lowest BCUT2D eigenvalue weighted by Gasteiger charge is -2.22. The summed E-state index contributed by atoms with van der Waals surface area (Å²) in [5, 5.41) is 3.28. The molecule has 5 heteroatoms. The van der Waals surface area contributed by atoms with Gasteiger partial charge in [0.05, 0.1) is 5.69 Å². The van der Waals surface area contributed by atoms with Crippen molar-refractivity contribution in [3.8, 4) is 0 Å². The van der Waals surface area contributed by atoms with Crippen molar-refractivity contribution in [2.24, 2.45) is 5.73 Å². The number of primary amides is 1. The van der Waals surface area contributed by atoms with Gasteiger partial charge in [0, 0.05) is 24.9 Å². The minimum Gasteiger partial charge on any atom is -0.364 e. The van der Waals surface area contributed by atoms with Gasteiger partial charge in [-0.05, 0) is 19.4 Å². The number of hydrogen-bond donors (Lipinski definition) is 2. The summed E-state index contributed by atoms with van der Waals surface area (Å²) in [4.78, 5) is 19.4. The third-order valence-corrected chi connectivity index (χ3v) is 2.64. The van der Waals surface area contributed by atoms with E-state index in [2.05, 4.69) is 15.3 Å². The molecule has 1 saturated heterocycles. The molecule has 0 saturated carbocycles. The van der Waals surface area contributed by atoms with Crippen molar-refractivity contribution in [1.29, 1.82) is 0 Å². The monoisotopic (exact) mass is 206 g/mol. The van der Waals surface area contributed by atoms with Gasteiger partial charge in [0.2, 0.25) is 0 Å². The zero-order valence-electron chi connectivity index (χ0n) is 8.44. The van der Waals surface area contributed by atoms with Gasteiger partial charge in [-0.25, -0.2) is 4.98 Å². The number of nitrogens with zero attached hydrogens (tertiary/aromatic N) is 2. The van der Waals surface area contributed by atoms with Crippen LogP contribution in [0.2, 0.25) is 0 Å². The smallest absolute Gasteiger partial charge is 0.269 e. The van der Waals surface area contributed by atoms with Gasteiger partial charge in [0.25, 0.3) is 5.91 Å². The van der Waals surface area contributed by atoms with Gasteiger partial charge in [0.15, 0.2) is 0 Å². The lowest BCUT2D eigenvalue weighted by atomic mass is 9.94. The van der Waals surface area contributed by atoms with Crippen molar-refractivity contribution in [3.63, 3.8) is 0 Å². The van der Waals surface area contributed by atoms with Gasteiger partial charge in [-0.15, -0.1) is 0 Å². The SMILES string of the molecule is NC(=O)c1nccnc1[C@@H]1CCCNC1. The van der Waals surface area contributed by atoms with E-state index in [-0.39, 0.29) is 5.92 Å². The normalized spacial score (nSPS) is 21.2. The van der Waals surface area contributed by atoms with Gasteiger partial charge in [-0.1, -0.05) is 0 Å². The fraction of sp³-hybridized carbons (Fsp3) is 0.500. The summed E-state index contributed by atoms with van der Waals surface area (Å²) >= 11 is 0. The average Bonchev–Trinajstić information content (AvgIpc) is 2.30. The first-order valence-corrected chi connectivity index (χ1v) is 5.10. The van der Waals surface area contributed by atoms with Crippen LogP contribution in [0.5, 0.6) is 0 Å². The second-order valence-corrected chi connectivity index (χ2v) is 3.70. The Labute approximate surface area is 88.1 Å². The maximum atomic E-state index is 11.2. The third kappa shape index (κ3) is 2.12. The van der Waals surface area contributed by atoms with Crippen LogP contribution in [0, 0.1) is 0 Å². The molecule has 0 spiro atoms. The van der Waals surface area contributed by atoms with E-state index in [0.717, 1.165) is 31.6 Å². The minimum absolute atomic E-state index is 0.259. The van der Waals surface area contributed by atoms with Crippen LogP contribution >= 0.6 is 0 Å². The molecule has 1 atom stereocenters. The average molecular weight is 206 g/mol. The molecular weight excluding hydrogens is 192 g/mol. The van der Waals surface area contributed by atoms with Gasteiger partial charge >= 0.3 is 0 Å². The molecule has 80 valence electrons. The molecular formula is C10H14N4O. The molecule has 1 aromatic rings. The van der Waals surface area contributed by atoms with E-state index in [1.165, 1.54) is 6.20 Å². The second-order valence-electron chi connectivity index (χ2n) is 3.70. The van der Waals surface area contributed by atoms with E-state index in [9.17, 15) is 4.79 Å². The van der Waals surface area contributed by atoms with Gasteiger partial charge in [-0.2, -0.15) is 0 Å². The summed E-state index contributed by atoms with van der Waals surface area (Å²) in [7, 11) is 0. The summed E-state index contributed by atoms with van der Waals surface area (Å²) in [6.45, 7) is 1.88. The molecule has 1 amide bonds. The summed E-state index contributed by atoms with van der Waals surface area (Å²) in [5.41, 5.74) is 6.30.